The van der Waals surface area contributed by atoms with Crippen LogP contribution in [0.2, 0.25) is 0 Å². The molecule has 4 rings (SSSR count). The second-order valence-electron chi connectivity index (χ2n) is 10.1. The average Bonchev–Trinajstić information content (AvgIpc) is 3.51. The van der Waals surface area contributed by atoms with Crippen LogP contribution in [0.25, 0.3) is 0 Å². The van der Waals surface area contributed by atoms with Gasteiger partial charge in [0.05, 0.1) is 11.0 Å². The van der Waals surface area contributed by atoms with E-state index in [1.54, 1.807) is 31.2 Å². The number of para-hydroxylation sites is 1. The molecule has 2 fully saturated rings. The summed E-state index contributed by atoms with van der Waals surface area (Å²) in [4.78, 5) is 13.5. The molecular weight excluding hydrogens is 482 g/mol. The van der Waals surface area contributed by atoms with E-state index in [2.05, 4.69) is 18.4 Å². The van der Waals surface area contributed by atoms with Crippen LogP contribution in [-0.2, 0) is 15.1 Å². The van der Waals surface area contributed by atoms with Crippen molar-refractivity contribution in [3.8, 4) is 23.3 Å². The molecule has 2 aromatic carbocycles. The number of ether oxygens (including phenoxy) is 2. The van der Waals surface area contributed by atoms with Gasteiger partial charge in [-0.2, -0.15) is 0 Å². The molecule has 0 aromatic heterocycles. The Hall–Kier alpha value is -3.10. The fourth-order valence-electron chi connectivity index (χ4n) is 5.89. The van der Waals surface area contributed by atoms with Crippen molar-refractivity contribution in [1.82, 2.24) is 0 Å². The number of hydrogen-bond acceptors (Lipinski definition) is 3. The summed E-state index contributed by atoms with van der Waals surface area (Å²) in [5, 5.41) is -0.515. The Morgan fingerprint density at radius 3 is 2.25 bits per heavy atom. The maximum Gasteiger partial charge on any atom is 0.312 e. The molecule has 36 heavy (non-hydrogen) atoms. The second kappa shape index (κ2) is 8.49. The first kappa shape index (κ1) is 26.0. The normalized spacial score (nSPS) is 30.1. The van der Waals surface area contributed by atoms with Crippen molar-refractivity contribution < 1.29 is 23.0 Å². The van der Waals surface area contributed by atoms with Gasteiger partial charge in [-0.1, -0.05) is 75.4 Å². The van der Waals surface area contributed by atoms with Gasteiger partial charge in [-0.05, 0) is 54.0 Å². The SMILES string of the molecule is C=C[C@](C#CC)(OC(=O)C1C2(C)C(C)(/C=C(\Cl)C(C)(F)F)C12C)c1cccc(Oc2ccccc2)c1. The van der Waals surface area contributed by atoms with E-state index in [4.69, 9.17) is 21.1 Å². The predicted molar refractivity (Wildman–Crippen MR) is 137 cm³/mol. The molecule has 2 aliphatic carbocycles. The maximum absolute atomic E-state index is 13.7. The highest BCUT2D eigenvalue weighted by Crippen LogP contribution is 3.00. The Bertz CT molecular complexity index is 1290. The zero-order valence-electron chi connectivity index (χ0n) is 21.0. The van der Waals surface area contributed by atoms with Gasteiger partial charge >= 0.3 is 5.97 Å². The highest BCUT2D eigenvalue weighted by molar-refractivity contribution is 6.30. The van der Waals surface area contributed by atoms with Crippen LogP contribution < -0.4 is 4.74 Å². The third-order valence-corrected chi connectivity index (χ3v) is 8.86. The summed E-state index contributed by atoms with van der Waals surface area (Å²) in [5.41, 5.74) is -2.55. The van der Waals surface area contributed by atoms with E-state index >= 15 is 0 Å². The quantitative estimate of drug-likeness (QED) is 0.206. The molecule has 0 spiro atoms. The van der Waals surface area contributed by atoms with Gasteiger partial charge in [0, 0.05) is 17.9 Å². The summed E-state index contributed by atoms with van der Waals surface area (Å²) >= 11 is 5.89. The second-order valence-corrected chi connectivity index (χ2v) is 10.5. The van der Waals surface area contributed by atoms with Gasteiger partial charge in [0.2, 0.25) is 5.60 Å². The number of carbonyl (C=O) groups excluding carboxylic acids is 1. The average molecular weight is 511 g/mol. The number of carbonyl (C=O) groups is 1. The zero-order valence-corrected chi connectivity index (χ0v) is 21.7. The number of alkyl halides is 2. The van der Waals surface area contributed by atoms with E-state index in [0.29, 0.717) is 17.1 Å². The number of fused-ring (bicyclic) bond motifs is 1. The van der Waals surface area contributed by atoms with E-state index in [1.165, 1.54) is 12.2 Å². The van der Waals surface area contributed by atoms with Crippen LogP contribution in [0.1, 0.15) is 40.2 Å². The molecular formula is C30H29ClF2O3. The van der Waals surface area contributed by atoms with E-state index in [-0.39, 0.29) is 0 Å². The molecule has 0 bridgehead atoms. The Kier molecular flexibility index (Phi) is 6.13. The fourth-order valence-corrected chi connectivity index (χ4v) is 6.11. The number of allylic oxidation sites excluding steroid dienone is 2. The Balaban J connectivity index is 1.59. The van der Waals surface area contributed by atoms with E-state index < -0.39 is 44.7 Å². The maximum atomic E-state index is 13.7. The topological polar surface area (TPSA) is 35.5 Å². The lowest BCUT2D eigenvalue weighted by atomic mass is 9.79. The minimum absolute atomic E-state index is 0.456. The van der Waals surface area contributed by atoms with E-state index in [9.17, 15) is 13.6 Å². The van der Waals surface area contributed by atoms with Gasteiger partial charge in [-0.25, -0.2) is 8.78 Å². The van der Waals surface area contributed by atoms with Crippen molar-refractivity contribution >= 4 is 17.6 Å². The summed E-state index contributed by atoms with van der Waals surface area (Å²) in [7, 11) is 0. The number of hydrogen-bond donors (Lipinski definition) is 0. The van der Waals surface area contributed by atoms with Crippen LogP contribution in [0, 0.1) is 34.0 Å². The number of esters is 1. The van der Waals surface area contributed by atoms with E-state index in [1.807, 2.05) is 51.1 Å². The summed E-state index contributed by atoms with van der Waals surface area (Å²) in [5.74, 6) is 2.99. The number of halogens is 3. The molecule has 2 aliphatic rings. The van der Waals surface area contributed by atoms with Crippen molar-refractivity contribution in [1.29, 1.82) is 0 Å². The van der Waals surface area contributed by atoms with Crippen molar-refractivity contribution in [3.05, 3.63) is 83.9 Å². The third kappa shape index (κ3) is 3.66. The molecule has 0 saturated heterocycles. The third-order valence-electron chi connectivity index (χ3n) is 8.42. The minimum Gasteiger partial charge on any atom is -0.457 e. The lowest BCUT2D eigenvalue weighted by Crippen LogP contribution is -2.35. The molecule has 0 aliphatic heterocycles. The first-order valence-electron chi connectivity index (χ1n) is 11.7. The molecule has 3 atom stereocenters. The molecule has 0 radical (unpaired) electrons. The first-order chi connectivity index (χ1) is 16.8. The van der Waals surface area contributed by atoms with Gasteiger partial charge in [-0.3, -0.25) is 4.79 Å². The monoisotopic (exact) mass is 510 g/mol. The summed E-state index contributed by atoms with van der Waals surface area (Å²) in [6.45, 7) is 12.0. The van der Waals surface area contributed by atoms with Crippen molar-refractivity contribution in [2.24, 2.45) is 22.2 Å². The lowest BCUT2D eigenvalue weighted by molar-refractivity contribution is -0.157. The molecule has 3 nitrogen and oxygen atoms in total. The lowest BCUT2D eigenvalue weighted by Gasteiger charge is -2.31. The number of benzene rings is 2. The summed E-state index contributed by atoms with van der Waals surface area (Å²) in [6.07, 6.45) is 2.89. The molecule has 2 saturated carbocycles. The van der Waals surface area contributed by atoms with Crippen LogP contribution in [0.3, 0.4) is 0 Å². The van der Waals surface area contributed by atoms with Crippen molar-refractivity contribution in [3.63, 3.8) is 0 Å². The standard InChI is InChI=1S/C30H29ClF2O3/c1-7-17-30(8-2,20-13-12-16-22(18-20)35-21-14-10-9-11-15-21)36-25(34)24-27(4)26(3,28(24,27)5)19-23(31)29(6,32)33/h8-16,18-19,24H,2H2,1,3-6H3/b23-19-/t24?,26?,27?,28?,30-/m1/s1. The number of rotatable bonds is 8. The van der Waals surface area contributed by atoms with Crippen molar-refractivity contribution in [2.45, 2.75) is 46.1 Å². The highest BCUT2D eigenvalue weighted by Gasteiger charge is 3.00. The molecule has 188 valence electrons. The molecule has 0 amide bonds. The van der Waals surface area contributed by atoms with Gasteiger partial charge in [0.1, 0.15) is 11.5 Å². The molecule has 2 aromatic rings. The largest absolute Gasteiger partial charge is 0.457 e. The van der Waals surface area contributed by atoms with Gasteiger partial charge in [-0.15, -0.1) is 5.92 Å². The zero-order chi connectivity index (χ0) is 26.6. The Labute approximate surface area is 216 Å². The van der Waals surface area contributed by atoms with Crippen LogP contribution in [0.15, 0.2) is 78.4 Å². The van der Waals surface area contributed by atoms with Crippen LogP contribution in [-0.4, -0.2) is 11.9 Å². The van der Waals surface area contributed by atoms with Gasteiger partial charge in [0.25, 0.3) is 5.92 Å². The van der Waals surface area contributed by atoms with E-state index in [0.717, 1.165) is 6.92 Å². The summed E-state index contributed by atoms with van der Waals surface area (Å²) in [6, 6.07) is 16.5. The van der Waals surface area contributed by atoms with Crippen molar-refractivity contribution in [2.75, 3.05) is 0 Å². The first-order valence-corrected chi connectivity index (χ1v) is 12.1. The Morgan fingerprint density at radius 2 is 1.69 bits per heavy atom. The van der Waals surface area contributed by atoms with Crippen LogP contribution in [0.4, 0.5) is 8.78 Å². The predicted octanol–water partition coefficient (Wildman–Crippen LogP) is 7.87. The molecule has 6 heteroatoms. The minimum atomic E-state index is -3.14. The fraction of sp³-hybridized carbons (Fsp3) is 0.367. The van der Waals surface area contributed by atoms with Gasteiger partial charge < -0.3 is 9.47 Å². The Morgan fingerprint density at radius 1 is 1.08 bits per heavy atom. The molecule has 0 N–H and O–H groups in total. The van der Waals surface area contributed by atoms with Crippen LogP contribution in [0.5, 0.6) is 11.5 Å². The highest BCUT2D eigenvalue weighted by atomic mass is 35.5. The smallest absolute Gasteiger partial charge is 0.312 e. The molecule has 0 heterocycles. The van der Waals surface area contributed by atoms with Crippen LogP contribution >= 0.6 is 11.6 Å². The molecule has 2 unspecified atom stereocenters. The van der Waals surface area contributed by atoms with Gasteiger partial charge in [0.15, 0.2) is 0 Å². The summed E-state index contributed by atoms with van der Waals surface area (Å²) < 4.78 is 39.4.